The number of benzene rings is 1. The molecule has 0 aromatic heterocycles. The minimum atomic E-state index is -0.503. The zero-order valence-electron chi connectivity index (χ0n) is 9.84. The summed E-state index contributed by atoms with van der Waals surface area (Å²) >= 11 is 1.12. The molecule has 94 valence electrons. The van der Waals surface area contributed by atoms with E-state index in [-0.39, 0.29) is 23.4 Å². The SMILES string of the molecule is Cc1ccc(NC(=O)[C@H]2CC(=O)N=C(N)S2)cc1. The number of hydrogen-bond acceptors (Lipinski definition) is 4. The van der Waals surface area contributed by atoms with Gasteiger partial charge in [0.15, 0.2) is 5.17 Å². The number of amidine groups is 1. The van der Waals surface area contributed by atoms with Crippen LogP contribution in [0.5, 0.6) is 0 Å². The van der Waals surface area contributed by atoms with Gasteiger partial charge in [-0.1, -0.05) is 29.5 Å². The van der Waals surface area contributed by atoms with Gasteiger partial charge in [0, 0.05) is 5.69 Å². The lowest BCUT2D eigenvalue weighted by atomic mass is 10.2. The lowest BCUT2D eigenvalue weighted by Gasteiger charge is -2.17. The van der Waals surface area contributed by atoms with Crippen molar-refractivity contribution in [1.82, 2.24) is 0 Å². The molecule has 2 rings (SSSR count). The van der Waals surface area contributed by atoms with Gasteiger partial charge in [0.2, 0.25) is 11.8 Å². The summed E-state index contributed by atoms with van der Waals surface area (Å²) in [5.74, 6) is -0.578. The van der Waals surface area contributed by atoms with Crippen molar-refractivity contribution in [2.24, 2.45) is 10.7 Å². The molecule has 1 aromatic carbocycles. The number of aliphatic imine (C=N–C) groups is 1. The number of amides is 2. The third kappa shape index (κ3) is 3.10. The predicted molar refractivity (Wildman–Crippen MR) is 72.4 cm³/mol. The van der Waals surface area contributed by atoms with Crippen LogP contribution in [-0.4, -0.2) is 22.2 Å². The monoisotopic (exact) mass is 263 g/mol. The Bertz CT molecular complexity index is 511. The number of hydrogen-bond donors (Lipinski definition) is 2. The van der Waals surface area contributed by atoms with Crippen molar-refractivity contribution in [2.75, 3.05) is 5.32 Å². The molecule has 1 aliphatic rings. The van der Waals surface area contributed by atoms with Gasteiger partial charge in [0.1, 0.15) is 5.25 Å². The fourth-order valence-corrected chi connectivity index (χ4v) is 2.38. The van der Waals surface area contributed by atoms with E-state index < -0.39 is 5.25 Å². The molecule has 0 fully saturated rings. The summed E-state index contributed by atoms with van der Waals surface area (Å²) in [7, 11) is 0. The molecule has 6 heteroatoms. The van der Waals surface area contributed by atoms with E-state index in [0.29, 0.717) is 5.69 Å². The number of carbonyl (C=O) groups excluding carboxylic acids is 2. The molecule has 3 N–H and O–H groups in total. The maximum Gasteiger partial charge on any atom is 0.249 e. The first-order chi connectivity index (χ1) is 8.54. The quantitative estimate of drug-likeness (QED) is 0.841. The highest BCUT2D eigenvalue weighted by molar-refractivity contribution is 8.15. The van der Waals surface area contributed by atoms with Crippen molar-refractivity contribution in [3.63, 3.8) is 0 Å². The number of nitrogens with one attached hydrogen (secondary N) is 1. The van der Waals surface area contributed by atoms with Crippen LogP contribution in [0.3, 0.4) is 0 Å². The minimum absolute atomic E-state index is 0.0864. The van der Waals surface area contributed by atoms with Gasteiger partial charge in [0.05, 0.1) is 6.42 Å². The third-order valence-electron chi connectivity index (χ3n) is 2.47. The minimum Gasteiger partial charge on any atom is -0.378 e. The number of nitrogens with zero attached hydrogens (tertiary/aromatic N) is 1. The Hall–Kier alpha value is -1.82. The van der Waals surface area contributed by atoms with Crippen molar-refractivity contribution < 1.29 is 9.59 Å². The van der Waals surface area contributed by atoms with Crippen LogP contribution in [-0.2, 0) is 9.59 Å². The molecule has 2 amide bonds. The molecule has 5 nitrogen and oxygen atoms in total. The van der Waals surface area contributed by atoms with Gasteiger partial charge in [-0.15, -0.1) is 0 Å². The van der Waals surface area contributed by atoms with Gasteiger partial charge >= 0.3 is 0 Å². The van der Waals surface area contributed by atoms with E-state index >= 15 is 0 Å². The summed E-state index contributed by atoms with van der Waals surface area (Å²) in [6.07, 6.45) is 0.0864. The van der Waals surface area contributed by atoms with Crippen LogP contribution in [0.2, 0.25) is 0 Å². The molecule has 0 aliphatic carbocycles. The van der Waals surface area contributed by atoms with E-state index in [1.165, 1.54) is 0 Å². The molecular weight excluding hydrogens is 250 g/mol. The van der Waals surface area contributed by atoms with E-state index in [1.54, 1.807) is 0 Å². The van der Waals surface area contributed by atoms with Gasteiger partial charge in [-0.05, 0) is 19.1 Å². The Morgan fingerprint density at radius 2 is 2.11 bits per heavy atom. The summed E-state index contributed by atoms with van der Waals surface area (Å²) in [6, 6.07) is 7.45. The molecule has 1 aliphatic heterocycles. The highest BCUT2D eigenvalue weighted by atomic mass is 32.2. The van der Waals surface area contributed by atoms with E-state index in [2.05, 4.69) is 10.3 Å². The van der Waals surface area contributed by atoms with Crippen LogP contribution in [0.25, 0.3) is 0 Å². The number of anilines is 1. The Labute approximate surface area is 109 Å². The van der Waals surface area contributed by atoms with Crippen LogP contribution >= 0.6 is 11.8 Å². The van der Waals surface area contributed by atoms with Crippen LogP contribution in [0.15, 0.2) is 29.3 Å². The van der Waals surface area contributed by atoms with Crippen molar-refractivity contribution in [2.45, 2.75) is 18.6 Å². The average molecular weight is 263 g/mol. The second kappa shape index (κ2) is 5.22. The van der Waals surface area contributed by atoms with E-state index in [4.69, 9.17) is 5.73 Å². The summed E-state index contributed by atoms with van der Waals surface area (Å²) in [5.41, 5.74) is 7.30. The Morgan fingerprint density at radius 3 is 2.72 bits per heavy atom. The molecule has 0 saturated carbocycles. The van der Waals surface area contributed by atoms with E-state index in [9.17, 15) is 9.59 Å². The third-order valence-corrected chi connectivity index (χ3v) is 3.47. The number of nitrogens with two attached hydrogens (primary N) is 1. The van der Waals surface area contributed by atoms with Crippen molar-refractivity contribution in [3.8, 4) is 0 Å². The van der Waals surface area contributed by atoms with Gasteiger partial charge < -0.3 is 11.1 Å². The lowest BCUT2D eigenvalue weighted by molar-refractivity contribution is -0.121. The van der Waals surface area contributed by atoms with Gasteiger partial charge in [0.25, 0.3) is 0 Å². The predicted octanol–water partition coefficient (Wildman–Crippen LogP) is 1.28. The van der Waals surface area contributed by atoms with Crippen molar-refractivity contribution in [3.05, 3.63) is 29.8 Å². The smallest absolute Gasteiger partial charge is 0.249 e. The largest absolute Gasteiger partial charge is 0.378 e. The fraction of sp³-hybridized carbons (Fsp3) is 0.250. The Balaban J connectivity index is 2.02. The second-order valence-electron chi connectivity index (χ2n) is 4.01. The molecule has 0 radical (unpaired) electrons. The Kier molecular flexibility index (Phi) is 3.66. The molecule has 0 spiro atoms. The zero-order valence-corrected chi connectivity index (χ0v) is 10.7. The number of thioether (sulfide) groups is 1. The topological polar surface area (TPSA) is 84.5 Å². The maximum atomic E-state index is 11.9. The maximum absolute atomic E-state index is 11.9. The molecule has 0 saturated heterocycles. The fourth-order valence-electron chi connectivity index (χ4n) is 1.55. The molecule has 1 heterocycles. The molecule has 1 atom stereocenters. The normalized spacial score (nSPS) is 19.3. The van der Waals surface area contributed by atoms with E-state index in [0.717, 1.165) is 17.3 Å². The lowest BCUT2D eigenvalue weighted by Crippen LogP contribution is -2.33. The van der Waals surface area contributed by atoms with Crippen LogP contribution in [0, 0.1) is 6.92 Å². The molecule has 0 bridgehead atoms. The number of carbonyl (C=O) groups is 2. The first-order valence-corrected chi connectivity index (χ1v) is 6.34. The zero-order chi connectivity index (χ0) is 13.1. The molecule has 0 unspecified atom stereocenters. The first-order valence-electron chi connectivity index (χ1n) is 5.46. The van der Waals surface area contributed by atoms with Crippen LogP contribution in [0.1, 0.15) is 12.0 Å². The standard InChI is InChI=1S/C12H13N3O2S/c1-7-2-4-8(5-3-7)14-11(17)9-6-10(16)15-12(13)18-9/h2-5,9H,6H2,1H3,(H,14,17)(H2,13,15,16)/t9-/m1/s1. The second-order valence-corrected chi connectivity index (χ2v) is 5.23. The van der Waals surface area contributed by atoms with Gasteiger partial charge in [-0.25, -0.2) is 0 Å². The number of rotatable bonds is 2. The summed E-state index contributed by atoms with van der Waals surface area (Å²) in [4.78, 5) is 26.7. The van der Waals surface area contributed by atoms with Crippen LogP contribution in [0.4, 0.5) is 5.69 Å². The van der Waals surface area contributed by atoms with E-state index in [1.807, 2.05) is 31.2 Å². The summed E-state index contributed by atoms with van der Waals surface area (Å²) in [6.45, 7) is 1.97. The average Bonchev–Trinajstić information content (AvgIpc) is 2.31. The highest BCUT2D eigenvalue weighted by Crippen LogP contribution is 2.22. The number of aryl methyl sites for hydroxylation is 1. The van der Waals surface area contributed by atoms with Crippen molar-refractivity contribution >= 4 is 34.4 Å². The summed E-state index contributed by atoms with van der Waals surface area (Å²) < 4.78 is 0. The van der Waals surface area contributed by atoms with Gasteiger partial charge in [-0.3, -0.25) is 9.59 Å². The van der Waals surface area contributed by atoms with Gasteiger partial charge in [-0.2, -0.15) is 4.99 Å². The Morgan fingerprint density at radius 1 is 1.44 bits per heavy atom. The highest BCUT2D eigenvalue weighted by Gasteiger charge is 2.27. The molecule has 1 aromatic rings. The molecule has 18 heavy (non-hydrogen) atoms. The van der Waals surface area contributed by atoms with Crippen molar-refractivity contribution in [1.29, 1.82) is 0 Å². The summed E-state index contributed by atoms with van der Waals surface area (Å²) in [5, 5.41) is 2.40. The molecular formula is C12H13N3O2S. The van der Waals surface area contributed by atoms with Crippen LogP contribution < -0.4 is 11.1 Å². The first kappa shape index (κ1) is 12.6.